The topological polar surface area (TPSA) is 83.1 Å². The normalized spacial score (nSPS) is 20.0. The summed E-state index contributed by atoms with van der Waals surface area (Å²) in [6.45, 7) is 1.05. The van der Waals surface area contributed by atoms with Gasteiger partial charge < -0.3 is 18.9 Å². The number of methoxy groups -OCH3 is 1. The second kappa shape index (κ2) is 12.1. The highest BCUT2D eigenvalue weighted by atomic mass is 32.2. The molecule has 8 heteroatoms. The van der Waals surface area contributed by atoms with Gasteiger partial charge in [0.15, 0.2) is 0 Å². The number of hydrogen-bond acceptors (Lipinski definition) is 6. The Balaban J connectivity index is 1.42. The Kier molecular flexibility index (Phi) is 8.68. The zero-order valence-corrected chi connectivity index (χ0v) is 20.3. The first-order chi connectivity index (χ1) is 17.0. The van der Waals surface area contributed by atoms with E-state index in [0.29, 0.717) is 19.0 Å². The van der Waals surface area contributed by atoms with Crippen molar-refractivity contribution in [1.29, 1.82) is 0 Å². The summed E-state index contributed by atoms with van der Waals surface area (Å²) >= 11 is 0. The van der Waals surface area contributed by atoms with E-state index in [9.17, 15) is 8.42 Å². The Morgan fingerprint density at radius 3 is 2.09 bits per heavy atom. The average molecular weight is 496 g/mol. The number of nitrogens with one attached hydrogen (secondary N) is 1. The van der Waals surface area contributed by atoms with E-state index >= 15 is 0 Å². The van der Waals surface area contributed by atoms with Crippen molar-refractivity contribution in [2.24, 2.45) is 0 Å². The third-order valence-electron chi connectivity index (χ3n) is 5.48. The van der Waals surface area contributed by atoms with E-state index < -0.39 is 28.5 Å². The molecule has 1 aliphatic rings. The first-order valence-electron chi connectivity index (χ1n) is 11.3. The molecule has 35 heavy (non-hydrogen) atoms. The Morgan fingerprint density at radius 1 is 0.829 bits per heavy atom. The molecular formula is C27H29NO6S. The lowest BCUT2D eigenvalue weighted by Crippen LogP contribution is -2.46. The summed E-state index contributed by atoms with van der Waals surface area (Å²) in [4.78, 5) is 0.120. The Labute approximate surface area is 206 Å². The largest absolute Gasteiger partial charge is 0.497 e. The molecule has 7 nitrogen and oxygen atoms in total. The van der Waals surface area contributed by atoms with E-state index in [4.69, 9.17) is 18.9 Å². The number of benzene rings is 3. The highest BCUT2D eigenvalue weighted by molar-refractivity contribution is 7.89. The summed E-state index contributed by atoms with van der Waals surface area (Å²) in [5.74, 6) is 0.576. The van der Waals surface area contributed by atoms with E-state index in [1.165, 1.54) is 19.2 Å². The van der Waals surface area contributed by atoms with Crippen LogP contribution in [0.4, 0.5) is 0 Å². The van der Waals surface area contributed by atoms with Crippen LogP contribution < -0.4 is 9.46 Å². The van der Waals surface area contributed by atoms with E-state index in [2.05, 4.69) is 4.72 Å². The minimum atomic E-state index is -3.81. The van der Waals surface area contributed by atoms with Crippen molar-refractivity contribution < 1.29 is 27.4 Å². The van der Waals surface area contributed by atoms with Crippen LogP contribution in [0.1, 0.15) is 11.1 Å². The van der Waals surface area contributed by atoms with E-state index in [0.717, 1.165) is 11.1 Å². The van der Waals surface area contributed by atoms with Gasteiger partial charge in [0, 0.05) is 0 Å². The fraction of sp³-hybridized carbons (Fsp3) is 0.259. The Hall–Kier alpha value is -3.01. The summed E-state index contributed by atoms with van der Waals surface area (Å²) in [6, 6.07) is 25.8. The molecule has 0 aromatic heterocycles. The van der Waals surface area contributed by atoms with Crippen molar-refractivity contribution in [3.05, 3.63) is 108 Å². The summed E-state index contributed by atoms with van der Waals surface area (Å²) in [5.41, 5.74) is 2.07. The molecule has 184 valence electrons. The van der Waals surface area contributed by atoms with Gasteiger partial charge in [0.2, 0.25) is 10.0 Å². The van der Waals surface area contributed by atoms with Crippen molar-refractivity contribution in [2.45, 2.75) is 36.5 Å². The van der Waals surface area contributed by atoms with Crippen LogP contribution in [-0.2, 0) is 37.4 Å². The molecule has 3 atom stereocenters. The molecule has 1 aliphatic heterocycles. The van der Waals surface area contributed by atoms with Crippen LogP contribution in [0.3, 0.4) is 0 Å². The second-order valence-corrected chi connectivity index (χ2v) is 9.75. The van der Waals surface area contributed by atoms with Gasteiger partial charge in [-0.1, -0.05) is 66.7 Å². The molecule has 4 rings (SSSR count). The SMILES string of the molecule is COc1ccc(S(=O)(=O)N[C@@H]2C=C[C@H](OCc3ccccc3)[C@@H](COCc3ccccc3)O2)cc1. The lowest BCUT2D eigenvalue weighted by molar-refractivity contribution is -0.120. The van der Waals surface area contributed by atoms with Gasteiger partial charge >= 0.3 is 0 Å². The third kappa shape index (κ3) is 7.24. The number of ether oxygens (including phenoxy) is 4. The van der Waals surface area contributed by atoms with Crippen LogP contribution >= 0.6 is 0 Å². The van der Waals surface area contributed by atoms with Crippen LogP contribution in [0, 0.1) is 0 Å². The number of hydrogen-bond donors (Lipinski definition) is 1. The average Bonchev–Trinajstić information content (AvgIpc) is 2.89. The Bertz CT molecular complexity index is 1180. The van der Waals surface area contributed by atoms with Gasteiger partial charge in [-0.05, 0) is 41.5 Å². The first kappa shape index (κ1) is 25.1. The van der Waals surface area contributed by atoms with Crippen LogP contribution in [0.2, 0.25) is 0 Å². The quantitative estimate of drug-likeness (QED) is 0.404. The minimum Gasteiger partial charge on any atom is -0.497 e. The van der Waals surface area contributed by atoms with Crippen LogP contribution in [-0.4, -0.2) is 40.6 Å². The molecular weight excluding hydrogens is 466 g/mol. The van der Waals surface area contributed by atoms with E-state index in [1.54, 1.807) is 18.2 Å². The molecule has 0 saturated heterocycles. The molecule has 0 bridgehead atoms. The fourth-order valence-electron chi connectivity index (χ4n) is 3.62. The van der Waals surface area contributed by atoms with Crippen LogP contribution in [0.25, 0.3) is 0 Å². The van der Waals surface area contributed by atoms with Crippen molar-refractivity contribution in [2.75, 3.05) is 13.7 Å². The van der Waals surface area contributed by atoms with Crippen molar-refractivity contribution in [1.82, 2.24) is 4.72 Å². The van der Waals surface area contributed by atoms with Gasteiger partial charge in [-0.25, -0.2) is 8.42 Å². The zero-order valence-electron chi connectivity index (χ0n) is 19.4. The van der Waals surface area contributed by atoms with Crippen LogP contribution in [0.15, 0.2) is 102 Å². The minimum absolute atomic E-state index is 0.120. The maximum Gasteiger partial charge on any atom is 0.242 e. The van der Waals surface area contributed by atoms with Gasteiger partial charge in [-0.15, -0.1) is 0 Å². The number of sulfonamides is 1. The Morgan fingerprint density at radius 2 is 1.46 bits per heavy atom. The highest BCUT2D eigenvalue weighted by Gasteiger charge is 2.31. The molecule has 0 fully saturated rings. The molecule has 3 aromatic rings. The molecule has 1 heterocycles. The maximum atomic E-state index is 12.9. The molecule has 0 aliphatic carbocycles. The predicted molar refractivity (Wildman–Crippen MR) is 132 cm³/mol. The van der Waals surface area contributed by atoms with Crippen molar-refractivity contribution >= 4 is 10.0 Å². The lowest BCUT2D eigenvalue weighted by atomic mass is 10.1. The van der Waals surface area contributed by atoms with E-state index in [1.807, 2.05) is 66.7 Å². The third-order valence-corrected chi connectivity index (χ3v) is 6.92. The van der Waals surface area contributed by atoms with E-state index in [-0.39, 0.29) is 11.5 Å². The van der Waals surface area contributed by atoms with Gasteiger partial charge in [0.05, 0.1) is 31.8 Å². The first-order valence-corrected chi connectivity index (χ1v) is 12.8. The summed E-state index contributed by atoms with van der Waals surface area (Å²) in [7, 11) is -2.28. The van der Waals surface area contributed by atoms with Crippen LogP contribution in [0.5, 0.6) is 5.75 Å². The fourth-order valence-corrected chi connectivity index (χ4v) is 4.69. The summed E-state index contributed by atoms with van der Waals surface area (Å²) in [6.07, 6.45) is 1.72. The van der Waals surface area contributed by atoms with Gasteiger partial charge in [-0.3, -0.25) is 0 Å². The molecule has 0 amide bonds. The smallest absolute Gasteiger partial charge is 0.242 e. The molecule has 0 radical (unpaired) electrons. The number of rotatable bonds is 11. The summed E-state index contributed by atoms with van der Waals surface area (Å²) < 4.78 is 51.5. The van der Waals surface area contributed by atoms with Crippen molar-refractivity contribution in [3.8, 4) is 5.75 Å². The molecule has 3 aromatic carbocycles. The molecule has 0 saturated carbocycles. The molecule has 0 spiro atoms. The lowest BCUT2D eigenvalue weighted by Gasteiger charge is -2.32. The second-order valence-electron chi connectivity index (χ2n) is 8.04. The zero-order chi connectivity index (χ0) is 24.5. The predicted octanol–water partition coefficient (Wildman–Crippen LogP) is 4.06. The van der Waals surface area contributed by atoms with Gasteiger partial charge in [0.1, 0.15) is 24.2 Å². The van der Waals surface area contributed by atoms with Gasteiger partial charge in [-0.2, -0.15) is 4.72 Å². The highest BCUT2D eigenvalue weighted by Crippen LogP contribution is 2.21. The van der Waals surface area contributed by atoms with Crippen molar-refractivity contribution in [3.63, 3.8) is 0 Å². The molecule has 1 N–H and O–H groups in total. The monoisotopic (exact) mass is 495 g/mol. The molecule has 0 unspecified atom stereocenters. The van der Waals surface area contributed by atoms with Gasteiger partial charge in [0.25, 0.3) is 0 Å². The standard InChI is InChI=1S/C27H29NO6S/c1-31-23-12-14-24(15-13-23)35(29,30)28-27-17-16-25(33-19-22-10-6-3-7-11-22)26(34-27)20-32-18-21-8-4-2-5-9-21/h2-17,25-28H,18-20H2,1H3/t25-,26+,27-/m0/s1. The summed E-state index contributed by atoms with van der Waals surface area (Å²) in [5, 5.41) is 0. The maximum absolute atomic E-state index is 12.9.